The lowest BCUT2D eigenvalue weighted by Gasteiger charge is -2.22. The van der Waals surface area contributed by atoms with Gasteiger partial charge in [0.05, 0.1) is 12.6 Å². The molecule has 1 aromatic rings. The van der Waals surface area contributed by atoms with E-state index in [2.05, 4.69) is 17.6 Å². The number of hydrogen-bond donors (Lipinski definition) is 2. The molecule has 2 N–H and O–H groups in total. The molecular weight excluding hydrogens is 240 g/mol. The Morgan fingerprint density at radius 3 is 3.11 bits per heavy atom. The molecule has 0 spiro atoms. The summed E-state index contributed by atoms with van der Waals surface area (Å²) in [7, 11) is 0. The van der Waals surface area contributed by atoms with Crippen molar-refractivity contribution in [3.05, 3.63) is 24.3 Å². The highest BCUT2D eigenvalue weighted by atomic mass is 16.5. The molecule has 104 valence electrons. The van der Waals surface area contributed by atoms with E-state index in [9.17, 15) is 4.79 Å². The van der Waals surface area contributed by atoms with Gasteiger partial charge in [-0.05, 0) is 37.9 Å². The first kappa shape index (κ1) is 13.9. The molecule has 1 fully saturated rings. The number of piperidine rings is 1. The molecule has 0 unspecified atom stereocenters. The van der Waals surface area contributed by atoms with E-state index in [-0.39, 0.29) is 11.9 Å². The van der Waals surface area contributed by atoms with Crippen LogP contribution in [0.3, 0.4) is 0 Å². The van der Waals surface area contributed by atoms with Crippen LogP contribution < -0.4 is 15.4 Å². The molecule has 1 saturated heterocycles. The van der Waals surface area contributed by atoms with Gasteiger partial charge in [0.25, 0.3) is 0 Å². The predicted molar refractivity (Wildman–Crippen MR) is 76.5 cm³/mol. The fourth-order valence-electron chi connectivity index (χ4n) is 2.19. The van der Waals surface area contributed by atoms with Gasteiger partial charge in [0.1, 0.15) is 5.75 Å². The number of hydrogen-bond acceptors (Lipinski definition) is 3. The molecule has 0 radical (unpaired) electrons. The maximum atomic E-state index is 12.1. The number of carbonyl (C=O) groups is 1. The van der Waals surface area contributed by atoms with Crippen LogP contribution in [-0.2, 0) is 4.79 Å². The molecule has 0 saturated carbocycles. The van der Waals surface area contributed by atoms with Crippen molar-refractivity contribution in [2.75, 3.05) is 18.5 Å². The number of carbonyl (C=O) groups excluding carboxylic acids is 1. The maximum Gasteiger partial charge on any atom is 0.241 e. The van der Waals surface area contributed by atoms with Gasteiger partial charge in [0.2, 0.25) is 5.91 Å². The van der Waals surface area contributed by atoms with Crippen molar-refractivity contribution in [2.24, 2.45) is 0 Å². The summed E-state index contributed by atoms with van der Waals surface area (Å²) in [5, 5.41) is 6.19. The number of benzene rings is 1. The first-order valence-corrected chi connectivity index (χ1v) is 7.06. The Bertz CT molecular complexity index is 414. The minimum absolute atomic E-state index is 0.0485. The molecule has 1 aliphatic rings. The molecule has 4 nitrogen and oxygen atoms in total. The van der Waals surface area contributed by atoms with E-state index in [1.807, 2.05) is 24.3 Å². The standard InChI is InChI=1S/C15H22N2O2/c1-2-10-19-13-7-5-6-12(11-13)17-15(18)14-8-3-4-9-16-14/h5-7,11,14,16H,2-4,8-10H2,1H3,(H,17,18)/t14-/m1/s1. The highest BCUT2D eigenvalue weighted by molar-refractivity contribution is 5.95. The largest absolute Gasteiger partial charge is 0.494 e. The molecule has 1 aromatic carbocycles. The summed E-state index contributed by atoms with van der Waals surface area (Å²) in [5.74, 6) is 0.851. The Morgan fingerprint density at radius 2 is 2.37 bits per heavy atom. The Hall–Kier alpha value is -1.55. The van der Waals surface area contributed by atoms with E-state index < -0.39 is 0 Å². The van der Waals surface area contributed by atoms with Crippen LogP contribution in [0, 0.1) is 0 Å². The van der Waals surface area contributed by atoms with E-state index in [0.717, 1.165) is 43.7 Å². The number of anilines is 1. The molecule has 1 heterocycles. The highest BCUT2D eigenvalue weighted by Crippen LogP contribution is 2.18. The quantitative estimate of drug-likeness (QED) is 0.857. The smallest absolute Gasteiger partial charge is 0.241 e. The summed E-state index contributed by atoms with van der Waals surface area (Å²) in [6, 6.07) is 7.50. The fourth-order valence-corrected chi connectivity index (χ4v) is 2.19. The molecule has 2 rings (SSSR count). The third kappa shape index (κ3) is 4.24. The molecule has 1 amide bonds. The second kappa shape index (κ2) is 7.14. The van der Waals surface area contributed by atoms with Crippen LogP contribution in [-0.4, -0.2) is 25.1 Å². The lowest BCUT2D eigenvalue weighted by Crippen LogP contribution is -2.43. The van der Waals surface area contributed by atoms with Gasteiger partial charge < -0.3 is 15.4 Å². The van der Waals surface area contributed by atoms with Gasteiger partial charge in [0.15, 0.2) is 0 Å². The van der Waals surface area contributed by atoms with Crippen LogP contribution in [0.2, 0.25) is 0 Å². The average Bonchev–Trinajstić information content (AvgIpc) is 2.46. The van der Waals surface area contributed by atoms with Crippen molar-refractivity contribution >= 4 is 11.6 Å². The van der Waals surface area contributed by atoms with Crippen LogP contribution in [0.5, 0.6) is 5.75 Å². The Balaban J connectivity index is 1.92. The zero-order chi connectivity index (χ0) is 13.5. The summed E-state index contributed by atoms with van der Waals surface area (Å²) in [4.78, 5) is 12.1. The second-order valence-corrected chi connectivity index (χ2v) is 4.87. The van der Waals surface area contributed by atoms with Gasteiger partial charge in [-0.2, -0.15) is 0 Å². The molecule has 0 bridgehead atoms. The summed E-state index contributed by atoms with van der Waals surface area (Å²) in [6.45, 7) is 3.69. The van der Waals surface area contributed by atoms with Gasteiger partial charge in [-0.1, -0.05) is 19.4 Å². The van der Waals surface area contributed by atoms with E-state index in [0.29, 0.717) is 6.61 Å². The molecular formula is C15H22N2O2. The Morgan fingerprint density at radius 1 is 1.47 bits per heavy atom. The second-order valence-electron chi connectivity index (χ2n) is 4.87. The fraction of sp³-hybridized carbons (Fsp3) is 0.533. The van der Waals surface area contributed by atoms with Gasteiger partial charge in [-0.15, -0.1) is 0 Å². The van der Waals surface area contributed by atoms with Gasteiger partial charge in [-0.3, -0.25) is 4.79 Å². The van der Waals surface area contributed by atoms with Gasteiger partial charge in [0, 0.05) is 11.8 Å². The van der Waals surface area contributed by atoms with Gasteiger partial charge >= 0.3 is 0 Å². The summed E-state index contributed by atoms with van der Waals surface area (Å²) < 4.78 is 5.56. The molecule has 0 aromatic heterocycles. The van der Waals surface area contributed by atoms with Crippen molar-refractivity contribution in [3.8, 4) is 5.75 Å². The molecule has 19 heavy (non-hydrogen) atoms. The topological polar surface area (TPSA) is 50.4 Å². The number of amides is 1. The average molecular weight is 262 g/mol. The first-order chi connectivity index (χ1) is 9.29. The number of nitrogens with one attached hydrogen (secondary N) is 2. The van der Waals surface area contributed by atoms with E-state index in [1.165, 1.54) is 0 Å². The Labute approximate surface area is 114 Å². The minimum atomic E-state index is -0.0611. The lowest BCUT2D eigenvalue weighted by molar-refractivity contribution is -0.118. The molecule has 1 aliphatic heterocycles. The highest BCUT2D eigenvalue weighted by Gasteiger charge is 2.20. The van der Waals surface area contributed by atoms with Gasteiger partial charge in [-0.25, -0.2) is 0 Å². The monoisotopic (exact) mass is 262 g/mol. The zero-order valence-electron chi connectivity index (χ0n) is 11.4. The number of rotatable bonds is 5. The third-order valence-corrected chi connectivity index (χ3v) is 3.20. The number of ether oxygens (including phenoxy) is 1. The van der Waals surface area contributed by atoms with Crippen molar-refractivity contribution in [1.82, 2.24) is 5.32 Å². The normalized spacial score (nSPS) is 18.9. The van der Waals surface area contributed by atoms with Crippen molar-refractivity contribution in [2.45, 2.75) is 38.6 Å². The van der Waals surface area contributed by atoms with Crippen molar-refractivity contribution in [3.63, 3.8) is 0 Å². The molecule has 4 heteroatoms. The van der Waals surface area contributed by atoms with Crippen LogP contribution in [0.25, 0.3) is 0 Å². The van der Waals surface area contributed by atoms with Crippen LogP contribution in [0.4, 0.5) is 5.69 Å². The predicted octanol–water partition coefficient (Wildman–Crippen LogP) is 2.56. The van der Waals surface area contributed by atoms with Crippen LogP contribution in [0.1, 0.15) is 32.6 Å². The Kier molecular flexibility index (Phi) is 5.21. The molecule has 1 atom stereocenters. The van der Waals surface area contributed by atoms with E-state index in [4.69, 9.17) is 4.74 Å². The van der Waals surface area contributed by atoms with E-state index >= 15 is 0 Å². The molecule has 0 aliphatic carbocycles. The van der Waals surface area contributed by atoms with Crippen molar-refractivity contribution in [1.29, 1.82) is 0 Å². The van der Waals surface area contributed by atoms with E-state index in [1.54, 1.807) is 0 Å². The first-order valence-electron chi connectivity index (χ1n) is 7.06. The lowest BCUT2D eigenvalue weighted by atomic mass is 10.0. The SMILES string of the molecule is CCCOc1cccc(NC(=O)[C@H]2CCCCN2)c1. The van der Waals surface area contributed by atoms with Crippen LogP contribution in [0.15, 0.2) is 24.3 Å². The summed E-state index contributed by atoms with van der Waals surface area (Å²) in [6.07, 6.45) is 4.16. The van der Waals surface area contributed by atoms with Crippen LogP contribution >= 0.6 is 0 Å². The third-order valence-electron chi connectivity index (χ3n) is 3.20. The summed E-state index contributed by atoms with van der Waals surface area (Å²) >= 11 is 0. The maximum absolute atomic E-state index is 12.1. The minimum Gasteiger partial charge on any atom is -0.494 e. The van der Waals surface area contributed by atoms with Crippen molar-refractivity contribution < 1.29 is 9.53 Å². The zero-order valence-corrected chi connectivity index (χ0v) is 11.4. The summed E-state index contributed by atoms with van der Waals surface area (Å²) in [5.41, 5.74) is 0.797.